The molecule has 4 rings (SSSR count). The molecule has 0 bridgehead atoms. The Bertz CT molecular complexity index is 1100. The molecule has 180 valence electrons. The van der Waals surface area contributed by atoms with Crippen molar-refractivity contribution in [1.82, 2.24) is 9.80 Å². The number of aliphatic hydroxyl groups excluding tert-OH is 1. The molecule has 2 heterocycles. The van der Waals surface area contributed by atoms with E-state index in [1.165, 1.54) is 12.1 Å². The fourth-order valence-electron chi connectivity index (χ4n) is 4.84. The molecule has 0 aliphatic carbocycles. The zero-order chi connectivity index (χ0) is 24.4. The average Bonchev–Trinajstić information content (AvgIpc) is 3.32. The average molecular weight is 465 g/mol. The predicted molar refractivity (Wildman–Crippen MR) is 130 cm³/mol. The van der Waals surface area contributed by atoms with Gasteiger partial charge in [-0.2, -0.15) is 0 Å². The number of aromatic hydroxyl groups is 1. The Morgan fingerprint density at radius 3 is 2.50 bits per heavy atom. The molecule has 1 saturated heterocycles. The first kappa shape index (κ1) is 23.8. The van der Waals surface area contributed by atoms with Gasteiger partial charge in [-0.05, 0) is 74.4 Å². The second-order valence-electron chi connectivity index (χ2n) is 8.92. The van der Waals surface area contributed by atoms with Gasteiger partial charge >= 0.3 is 0 Å². The number of fused-ring (bicyclic) bond motifs is 1. The van der Waals surface area contributed by atoms with Crippen molar-refractivity contribution in [3.05, 3.63) is 64.7 Å². The number of hydrogen-bond acceptors (Lipinski definition) is 6. The standard InChI is InChI=1S/C27H32N2O5/c1-4-28(5-2)13-6-14-29-24(18-7-10-21(30)11-8-18)23(26(32)27(29)33)25(31)19-9-12-22-20(16-19)15-17(3)34-22/h7-12,16-17,24,30-31H,4-6,13-15H2,1-3H3/b25-23+/t17-,24+/m0/s1. The Hall–Kier alpha value is -3.32. The molecule has 0 radical (unpaired) electrons. The van der Waals surface area contributed by atoms with E-state index in [0.29, 0.717) is 24.1 Å². The number of hydrogen-bond donors (Lipinski definition) is 2. The second-order valence-corrected chi connectivity index (χ2v) is 8.92. The van der Waals surface area contributed by atoms with Crippen molar-refractivity contribution in [2.75, 3.05) is 26.2 Å². The largest absolute Gasteiger partial charge is 0.508 e. The molecule has 0 spiro atoms. The minimum atomic E-state index is -0.722. The number of nitrogens with zero attached hydrogens (tertiary/aromatic N) is 2. The van der Waals surface area contributed by atoms with Crippen LogP contribution < -0.4 is 4.74 Å². The van der Waals surface area contributed by atoms with Crippen LogP contribution in [-0.4, -0.2) is 64.0 Å². The van der Waals surface area contributed by atoms with Gasteiger partial charge in [0.25, 0.3) is 11.7 Å². The first-order valence-corrected chi connectivity index (χ1v) is 11.9. The molecule has 0 saturated carbocycles. The molecule has 0 unspecified atom stereocenters. The summed E-state index contributed by atoms with van der Waals surface area (Å²) >= 11 is 0. The molecule has 2 aromatic rings. The number of ketones is 1. The zero-order valence-corrected chi connectivity index (χ0v) is 20.0. The number of ether oxygens (including phenoxy) is 1. The van der Waals surface area contributed by atoms with E-state index in [-0.39, 0.29) is 23.2 Å². The van der Waals surface area contributed by atoms with Gasteiger partial charge in [-0.25, -0.2) is 0 Å². The molecule has 34 heavy (non-hydrogen) atoms. The zero-order valence-electron chi connectivity index (χ0n) is 20.0. The van der Waals surface area contributed by atoms with E-state index >= 15 is 0 Å². The molecule has 2 aromatic carbocycles. The van der Waals surface area contributed by atoms with Crippen LogP contribution in [0.15, 0.2) is 48.0 Å². The molecule has 7 nitrogen and oxygen atoms in total. The number of likely N-dealkylation sites (tertiary alicyclic amines) is 1. The monoisotopic (exact) mass is 464 g/mol. The van der Waals surface area contributed by atoms with Crippen molar-refractivity contribution in [2.24, 2.45) is 0 Å². The smallest absolute Gasteiger partial charge is 0.295 e. The van der Waals surface area contributed by atoms with Gasteiger partial charge in [-0.3, -0.25) is 9.59 Å². The number of benzene rings is 2. The highest BCUT2D eigenvalue weighted by Crippen LogP contribution is 2.41. The molecule has 2 aliphatic rings. The van der Waals surface area contributed by atoms with Crippen molar-refractivity contribution in [3.63, 3.8) is 0 Å². The maximum absolute atomic E-state index is 13.2. The highest BCUT2D eigenvalue weighted by molar-refractivity contribution is 6.46. The number of carbonyl (C=O) groups is 2. The van der Waals surface area contributed by atoms with Crippen molar-refractivity contribution in [2.45, 2.75) is 45.8 Å². The molecule has 0 aromatic heterocycles. The van der Waals surface area contributed by atoms with E-state index in [9.17, 15) is 19.8 Å². The Kier molecular flexibility index (Phi) is 6.93. The van der Waals surface area contributed by atoms with Gasteiger partial charge in [0.15, 0.2) is 0 Å². The Morgan fingerprint density at radius 2 is 1.82 bits per heavy atom. The van der Waals surface area contributed by atoms with Gasteiger partial charge in [0.2, 0.25) is 0 Å². The SMILES string of the molecule is CCN(CC)CCCN1C(=O)C(=O)/C(=C(/O)c2ccc3c(c2)C[C@H](C)O3)[C@H]1c1ccc(O)cc1. The maximum Gasteiger partial charge on any atom is 0.295 e. The van der Waals surface area contributed by atoms with Gasteiger partial charge < -0.3 is 24.7 Å². The van der Waals surface area contributed by atoms with Crippen LogP contribution in [0.1, 0.15) is 49.9 Å². The van der Waals surface area contributed by atoms with Crippen LogP contribution >= 0.6 is 0 Å². The Morgan fingerprint density at radius 1 is 1.12 bits per heavy atom. The van der Waals surface area contributed by atoms with E-state index < -0.39 is 17.7 Å². The third-order valence-corrected chi connectivity index (χ3v) is 6.69. The molecule has 1 amide bonds. The van der Waals surface area contributed by atoms with Crippen molar-refractivity contribution in [3.8, 4) is 11.5 Å². The lowest BCUT2D eigenvalue weighted by molar-refractivity contribution is -0.140. The summed E-state index contributed by atoms with van der Waals surface area (Å²) in [4.78, 5) is 30.1. The number of phenols is 1. The quantitative estimate of drug-likeness (QED) is 0.350. The first-order chi connectivity index (χ1) is 16.3. The topological polar surface area (TPSA) is 90.3 Å². The van der Waals surface area contributed by atoms with Crippen molar-refractivity contribution < 1.29 is 24.5 Å². The molecule has 1 fully saturated rings. The first-order valence-electron chi connectivity index (χ1n) is 11.9. The molecule has 2 N–H and O–H groups in total. The molecule has 2 aliphatic heterocycles. The number of aliphatic hydroxyl groups is 1. The highest BCUT2D eigenvalue weighted by atomic mass is 16.5. The number of rotatable bonds is 8. The number of carbonyl (C=O) groups excluding carboxylic acids is 2. The molecular weight excluding hydrogens is 432 g/mol. The summed E-state index contributed by atoms with van der Waals surface area (Å²) in [5.74, 6) is -0.628. The maximum atomic E-state index is 13.2. The fourth-order valence-corrected chi connectivity index (χ4v) is 4.84. The summed E-state index contributed by atoms with van der Waals surface area (Å²) in [6.45, 7) is 9.19. The summed E-state index contributed by atoms with van der Waals surface area (Å²) in [6.07, 6.45) is 1.48. The molecule has 7 heteroatoms. The lowest BCUT2D eigenvalue weighted by atomic mass is 9.94. The summed E-state index contributed by atoms with van der Waals surface area (Å²) < 4.78 is 5.75. The van der Waals surface area contributed by atoms with E-state index in [4.69, 9.17) is 4.74 Å². The van der Waals surface area contributed by atoms with E-state index in [0.717, 1.165) is 37.4 Å². The van der Waals surface area contributed by atoms with Crippen LogP contribution in [0.3, 0.4) is 0 Å². The van der Waals surface area contributed by atoms with Gasteiger partial charge in [0, 0.05) is 18.5 Å². The van der Waals surface area contributed by atoms with Crippen LogP contribution in [0.4, 0.5) is 0 Å². The van der Waals surface area contributed by atoms with Gasteiger partial charge in [-0.15, -0.1) is 0 Å². The predicted octanol–water partition coefficient (Wildman–Crippen LogP) is 3.87. The van der Waals surface area contributed by atoms with Crippen LogP contribution in [-0.2, 0) is 16.0 Å². The third kappa shape index (κ3) is 4.53. The number of Topliss-reactive ketones (excluding diaryl/α,β-unsaturated/α-hetero) is 1. The summed E-state index contributed by atoms with van der Waals surface area (Å²) in [6, 6.07) is 11.1. The van der Waals surface area contributed by atoms with Crippen LogP contribution in [0.25, 0.3) is 5.76 Å². The van der Waals surface area contributed by atoms with Crippen LogP contribution in [0.5, 0.6) is 11.5 Å². The van der Waals surface area contributed by atoms with Gasteiger partial charge in [0.1, 0.15) is 23.4 Å². The van der Waals surface area contributed by atoms with Crippen LogP contribution in [0, 0.1) is 0 Å². The molecular formula is C27H32N2O5. The van der Waals surface area contributed by atoms with E-state index in [1.807, 2.05) is 13.0 Å². The van der Waals surface area contributed by atoms with Gasteiger partial charge in [0.05, 0.1) is 11.6 Å². The molecule has 2 atom stereocenters. The summed E-state index contributed by atoms with van der Waals surface area (Å²) in [5, 5.41) is 21.0. The van der Waals surface area contributed by atoms with Crippen LogP contribution in [0.2, 0.25) is 0 Å². The Balaban J connectivity index is 1.72. The highest BCUT2D eigenvalue weighted by Gasteiger charge is 2.45. The fraction of sp³-hybridized carbons (Fsp3) is 0.407. The third-order valence-electron chi connectivity index (χ3n) is 6.69. The van der Waals surface area contributed by atoms with E-state index in [2.05, 4.69) is 18.7 Å². The second kappa shape index (κ2) is 9.89. The summed E-state index contributed by atoms with van der Waals surface area (Å²) in [7, 11) is 0. The lowest BCUT2D eigenvalue weighted by Gasteiger charge is -2.26. The number of phenolic OH excluding ortho intramolecular Hbond substituents is 1. The van der Waals surface area contributed by atoms with Crippen molar-refractivity contribution in [1.29, 1.82) is 0 Å². The van der Waals surface area contributed by atoms with E-state index in [1.54, 1.807) is 29.2 Å². The minimum Gasteiger partial charge on any atom is -0.508 e. The minimum absolute atomic E-state index is 0.0563. The lowest BCUT2D eigenvalue weighted by Crippen LogP contribution is -2.33. The normalized spacial score (nSPS) is 21.2. The number of amides is 1. The Labute approximate surface area is 200 Å². The van der Waals surface area contributed by atoms with Gasteiger partial charge in [-0.1, -0.05) is 26.0 Å². The van der Waals surface area contributed by atoms with Crippen molar-refractivity contribution >= 4 is 17.4 Å². The summed E-state index contributed by atoms with van der Waals surface area (Å²) in [5.41, 5.74) is 2.19.